The quantitative estimate of drug-likeness (QED) is 0.632. The van der Waals surface area contributed by atoms with Gasteiger partial charge in [0.1, 0.15) is 15.1 Å². The zero-order valence-electron chi connectivity index (χ0n) is 8.81. The Balaban J connectivity index is 2.41. The molecule has 0 heterocycles. The van der Waals surface area contributed by atoms with Gasteiger partial charge in [-0.15, -0.1) is 0 Å². The summed E-state index contributed by atoms with van der Waals surface area (Å²) < 4.78 is 36.1. The molecule has 1 unspecified atom stereocenters. The molecule has 0 spiro atoms. The molecule has 2 aromatic rings. The molecule has 0 saturated carbocycles. The third-order valence-electron chi connectivity index (χ3n) is 2.17. The number of benzene rings is 2. The van der Waals surface area contributed by atoms with E-state index in [0.29, 0.717) is 0 Å². The van der Waals surface area contributed by atoms with Crippen molar-refractivity contribution in [3.05, 3.63) is 60.7 Å². The molecule has 1 atom stereocenters. The molecule has 0 aliphatic carbocycles. The third kappa shape index (κ3) is 2.52. The number of hydrogen-bond donors (Lipinski definition) is 0. The Bertz CT molecular complexity index is 580. The van der Waals surface area contributed by atoms with Crippen molar-refractivity contribution < 1.29 is 13.0 Å². The van der Waals surface area contributed by atoms with Gasteiger partial charge in [-0.25, -0.2) is 0 Å². The van der Waals surface area contributed by atoms with Crippen molar-refractivity contribution in [3.8, 4) is 0 Å². The van der Waals surface area contributed by atoms with Crippen LogP contribution in [0.1, 0.15) is 0 Å². The molecule has 0 aliphatic rings. The summed E-state index contributed by atoms with van der Waals surface area (Å²) in [6, 6.07) is 15.9. The van der Waals surface area contributed by atoms with E-state index in [1.54, 1.807) is 36.4 Å². The van der Waals surface area contributed by atoms with Gasteiger partial charge in [0.05, 0.1) is 0 Å². The first-order chi connectivity index (χ1) is 8.12. The lowest BCUT2D eigenvalue weighted by molar-refractivity contribution is 0.582. The van der Waals surface area contributed by atoms with Crippen molar-refractivity contribution >= 4 is 19.1 Å². The average Bonchev–Trinajstić information content (AvgIpc) is 2.40. The van der Waals surface area contributed by atoms with E-state index in [0.717, 1.165) is 0 Å². The summed E-state index contributed by atoms with van der Waals surface area (Å²) in [5.41, 5.74) is 0. The highest BCUT2D eigenvalue weighted by Crippen LogP contribution is 2.23. The molecule has 0 N–H and O–H groups in total. The van der Waals surface area contributed by atoms with Gasteiger partial charge in [0, 0.05) is 0 Å². The molecular formula is C12H10O3S2. The van der Waals surface area contributed by atoms with Crippen molar-refractivity contribution in [2.24, 2.45) is 0 Å². The fourth-order valence-electron chi connectivity index (χ4n) is 1.33. The van der Waals surface area contributed by atoms with Crippen molar-refractivity contribution in [2.45, 2.75) is 9.79 Å². The van der Waals surface area contributed by atoms with Crippen LogP contribution in [0.15, 0.2) is 70.5 Å². The second kappa shape index (κ2) is 4.91. The van der Waals surface area contributed by atoms with E-state index < -0.39 is 19.1 Å². The maximum Gasteiger partial charge on any atom is 0.348 e. The van der Waals surface area contributed by atoms with Crippen LogP contribution in [0.4, 0.5) is 0 Å². The molecule has 2 rings (SSSR count). The van der Waals surface area contributed by atoms with E-state index in [1.165, 1.54) is 24.3 Å². The van der Waals surface area contributed by atoms with Gasteiger partial charge in [0.15, 0.2) is 4.90 Å². The minimum atomic E-state index is -3.82. The Morgan fingerprint density at radius 3 is 1.82 bits per heavy atom. The van der Waals surface area contributed by atoms with E-state index in [1.807, 2.05) is 0 Å². The second-order valence-electron chi connectivity index (χ2n) is 3.31. The normalized spacial score (nSPS) is 13.2. The van der Waals surface area contributed by atoms with E-state index in [4.69, 9.17) is 0 Å². The second-order valence-corrected chi connectivity index (χ2v) is 7.86. The first-order valence-electron chi connectivity index (χ1n) is 4.90. The van der Waals surface area contributed by atoms with Gasteiger partial charge in [0.2, 0.25) is 0 Å². The van der Waals surface area contributed by atoms with Crippen molar-refractivity contribution in [2.75, 3.05) is 0 Å². The lowest BCUT2D eigenvalue weighted by Gasteiger charge is -2.09. The Hall–Kier alpha value is -1.30. The van der Waals surface area contributed by atoms with Gasteiger partial charge in [-0.05, 0) is 24.3 Å². The van der Waals surface area contributed by atoms with Crippen LogP contribution >= 0.6 is 0 Å². The monoisotopic (exact) mass is 266 g/mol. The molecule has 0 fully saturated rings. The summed E-state index contributed by atoms with van der Waals surface area (Å²) in [5, 5.41) is 0. The van der Waals surface area contributed by atoms with Gasteiger partial charge < -0.3 is 4.55 Å². The molecule has 5 heteroatoms. The molecule has 88 valence electrons. The molecule has 17 heavy (non-hydrogen) atoms. The predicted octanol–water partition coefficient (Wildman–Crippen LogP) is 2.18. The highest BCUT2D eigenvalue weighted by molar-refractivity contribution is 8.67. The summed E-state index contributed by atoms with van der Waals surface area (Å²) in [5.74, 6) is 0. The first kappa shape index (κ1) is 12.2. The van der Waals surface area contributed by atoms with Gasteiger partial charge in [0.25, 0.3) is 0 Å². The number of rotatable bonds is 3. The smallest absolute Gasteiger partial charge is 0.348 e. The van der Waals surface area contributed by atoms with E-state index in [-0.39, 0.29) is 9.79 Å². The summed E-state index contributed by atoms with van der Waals surface area (Å²) in [4.78, 5) is 0.360. The van der Waals surface area contributed by atoms with Gasteiger partial charge in [-0.2, -0.15) is 8.42 Å². The van der Waals surface area contributed by atoms with Crippen LogP contribution in [-0.2, 0) is 19.1 Å². The molecule has 0 radical (unpaired) electrons. The van der Waals surface area contributed by atoms with Crippen LogP contribution in [0.5, 0.6) is 0 Å². The van der Waals surface area contributed by atoms with Crippen LogP contribution in [0, 0.1) is 0 Å². The minimum absolute atomic E-state index is 0.0715. The van der Waals surface area contributed by atoms with Gasteiger partial charge in [-0.1, -0.05) is 36.4 Å². The summed E-state index contributed by atoms with van der Waals surface area (Å²) in [7, 11) is -5.89. The summed E-state index contributed by atoms with van der Waals surface area (Å²) >= 11 is 0. The molecular weight excluding hydrogens is 256 g/mol. The average molecular weight is 266 g/mol. The van der Waals surface area contributed by atoms with Crippen LogP contribution in [0.3, 0.4) is 0 Å². The molecule has 0 amide bonds. The number of hydrogen-bond acceptors (Lipinski definition) is 3. The van der Waals surface area contributed by atoms with Crippen LogP contribution in [0.2, 0.25) is 0 Å². The van der Waals surface area contributed by atoms with Crippen molar-refractivity contribution in [1.29, 1.82) is 0 Å². The molecule has 0 aromatic heterocycles. The Morgan fingerprint density at radius 1 is 0.824 bits per heavy atom. The predicted molar refractivity (Wildman–Crippen MR) is 66.5 cm³/mol. The molecule has 2 aromatic carbocycles. The lowest BCUT2D eigenvalue weighted by Crippen LogP contribution is -2.15. The third-order valence-corrected chi connectivity index (χ3v) is 6.42. The Morgan fingerprint density at radius 2 is 1.29 bits per heavy atom. The van der Waals surface area contributed by atoms with Crippen LogP contribution < -0.4 is 0 Å². The van der Waals surface area contributed by atoms with Crippen LogP contribution in [-0.4, -0.2) is 13.0 Å². The maximum absolute atomic E-state index is 12.0. The Labute approximate surface area is 103 Å². The Kier molecular flexibility index (Phi) is 3.51. The van der Waals surface area contributed by atoms with Crippen molar-refractivity contribution in [1.82, 2.24) is 0 Å². The fraction of sp³-hybridized carbons (Fsp3) is 0. The molecule has 3 nitrogen and oxygen atoms in total. The maximum atomic E-state index is 12.0. The molecule has 0 bridgehead atoms. The SMILES string of the molecule is O=S(=O)(c1ccccc1)[S+]([O-])c1ccccc1. The van der Waals surface area contributed by atoms with E-state index in [9.17, 15) is 13.0 Å². The van der Waals surface area contributed by atoms with Gasteiger partial charge >= 0.3 is 8.87 Å². The lowest BCUT2D eigenvalue weighted by atomic mass is 10.4. The first-order valence-corrected chi connectivity index (χ1v) is 8.05. The largest absolute Gasteiger partial charge is 0.596 e. The molecule has 0 aliphatic heterocycles. The summed E-state index contributed by atoms with van der Waals surface area (Å²) in [6.45, 7) is 0. The topological polar surface area (TPSA) is 57.2 Å². The highest BCUT2D eigenvalue weighted by Gasteiger charge is 2.30. The molecule has 0 saturated heterocycles. The highest BCUT2D eigenvalue weighted by atomic mass is 33.2. The van der Waals surface area contributed by atoms with Gasteiger partial charge in [-0.3, -0.25) is 0 Å². The van der Waals surface area contributed by atoms with Crippen molar-refractivity contribution in [3.63, 3.8) is 0 Å². The zero-order chi connectivity index (χ0) is 12.3. The fourth-order valence-corrected chi connectivity index (χ4v) is 4.58. The standard InChI is InChI=1S/C12H10O3S2/c13-16(11-7-3-1-4-8-11)17(14,15)12-9-5-2-6-10-12/h1-10H. The summed E-state index contributed by atoms with van der Waals surface area (Å²) in [6.07, 6.45) is 0. The van der Waals surface area contributed by atoms with Crippen LogP contribution in [0.25, 0.3) is 0 Å². The van der Waals surface area contributed by atoms with E-state index >= 15 is 0 Å². The van der Waals surface area contributed by atoms with E-state index in [2.05, 4.69) is 0 Å². The minimum Gasteiger partial charge on any atom is -0.596 e. The zero-order valence-corrected chi connectivity index (χ0v) is 10.4.